The summed E-state index contributed by atoms with van der Waals surface area (Å²) in [6, 6.07) is 12.9. The summed E-state index contributed by atoms with van der Waals surface area (Å²) < 4.78 is 38.2. The van der Waals surface area contributed by atoms with Crippen molar-refractivity contribution in [1.82, 2.24) is 9.88 Å². The smallest absolute Gasteiger partial charge is 0.333 e. The number of para-hydroxylation sites is 1. The summed E-state index contributed by atoms with van der Waals surface area (Å²) in [6.45, 7) is 1.88. The van der Waals surface area contributed by atoms with Gasteiger partial charge in [0.2, 0.25) is 0 Å². The molecule has 0 saturated carbocycles. The maximum Gasteiger partial charge on any atom is 0.446 e. The number of hydrogen-bond donors (Lipinski definition) is 0. The summed E-state index contributed by atoms with van der Waals surface area (Å²) in [7, 11) is 1.66. The molecular weight excluding hydrogens is 381 g/mol. The van der Waals surface area contributed by atoms with Gasteiger partial charge in [0.25, 0.3) is 5.91 Å². The molecule has 3 nitrogen and oxygen atoms in total. The van der Waals surface area contributed by atoms with E-state index in [9.17, 15) is 18.0 Å². The minimum absolute atomic E-state index is 0.0518. The molecule has 1 heterocycles. The minimum Gasteiger partial charge on any atom is -0.333 e. The van der Waals surface area contributed by atoms with Crippen LogP contribution in [0.15, 0.2) is 53.4 Å². The van der Waals surface area contributed by atoms with Crippen LogP contribution in [0.4, 0.5) is 13.2 Å². The average Bonchev–Trinajstić information content (AvgIpc) is 3.03. The Morgan fingerprint density at radius 1 is 1.15 bits per heavy atom. The van der Waals surface area contributed by atoms with E-state index >= 15 is 0 Å². The van der Waals surface area contributed by atoms with Gasteiger partial charge in [-0.25, -0.2) is 4.98 Å². The number of amides is 1. The van der Waals surface area contributed by atoms with Gasteiger partial charge in [-0.1, -0.05) is 12.1 Å². The van der Waals surface area contributed by atoms with E-state index in [0.717, 1.165) is 15.2 Å². The number of hydrogen-bond acceptors (Lipinski definition) is 4. The Labute approximate surface area is 156 Å². The lowest BCUT2D eigenvalue weighted by atomic mass is 10.2. The van der Waals surface area contributed by atoms with Crippen LogP contribution in [-0.4, -0.2) is 28.3 Å². The third-order valence-corrected chi connectivity index (χ3v) is 5.85. The van der Waals surface area contributed by atoms with Gasteiger partial charge in [0.1, 0.15) is 5.01 Å². The van der Waals surface area contributed by atoms with Crippen LogP contribution in [0.3, 0.4) is 0 Å². The number of benzene rings is 2. The number of thioether (sulfide) groups is 1. The number of fused-ring (bicyclic) bond motifs is 1. The second-order valence-electron chi connectivity index (χ2n) is 5.68. The lowest BCUT2D eigenvalue weighted by molar-refractivity contribution is -0.0328. The molecule has 3 rings (SSSR count). The summed E-state index contributed by atoms with van der Waals surface area (Å²) in [4.78, 5) is 18.8. The number of carbonyl (C=O) groups is 1. The highest BCUT2D eigenvalue weighted by Crippen LogP contribution is 2.37. The van der Waals surface area contributed by atoms with Crippen molar-refractivity contribution >= 4 is 39.2 Å². The number of halogens is 3. The molecule has 0 saturated heterocycles. The number of alkyl halides is 3. The summed E-state index contributed by atoms with van der Waals surface area (Å²) >= 11 is 1.32. The predicted octanol–water partition coefficient (Wildman–Crippen LogP) is 5.74. The first-order valence-electron chi connectivity index (χ1n) is 7.73. The van der Waals surface area contributed by atoms with Crippen molar-refractivity contribution in [2.45, 2.75) is 23.4 Å². The van der Waals surface area contributed by atoms with Crippen molar-refractivity contribution < 1.29 is 18.0 Å². The van der Waals surface area contributed by atoms with Crippen LogP contribution in [0, 0.1) is 0 Å². The average molecular weight is 396 g/mol. The number of nitrogens with zero attached hydrogens (tertiary/aromatic N) is 2. The third kappa shape index (κ3) is 4.19. The van der Waals surface area contributed by atoms with Crippen molar-refractivity contribution in [3.8, 4) is 0 Å². The van der Waals surface area contributed by atoms with Crippen LogP contribution in [0.25, 0.3) is 10.2 Å². The Hall–Kier alpha value is -2.06. The normalized spacial score (nSPS) is 13.0. The Kier molecular flexibility index (Phi) is 5.24. The van der Waals surface area contributed by atoms with Gasteiger partial charge in [-0.15, -0.1) is 11.3 Å². The van der Waals surface area contributed by atoms with Gasteiger partial charge in [-0.05, 0) is 55.1 Å². The molecule has 3 aromatic rings. The monoisotopic (exact) mass is 396 g/mol. The molecule has 0 spiro atoms. The molecular formula is C18H15F3N2OS2. The first-order valence-corrected chi connectivity index (χ1v) is 9.36. The van der Waals surface area contributed by atoms with Crippen molar-refractivity contribution in [1.29, 1.82) is 0 Å². The highest BCUT2D eigenvalue weighted by Gasteiger charge is 2.29. The van der Waals surface area contributed by atoms with E-state index in [4.69, 9.17) is 0 Å². The number of carbonyl (C=O) groups excluding carboxylic acids is 1. The second-order valence-corrected chi connectivity index (χ2v) is 7.88. The molecule has 0 aliphatic carbocycles. The van der Waals surface area contributed by atoms with Crippen LogP contribution < -0.4 is 0 Å². The topological polar surface area (TPSA) is 33.2 Å². The lowest BCUT2D eigenvalue weighted by Gasteiger charge is -2.23. The van der Waals surface area contributed by atoms with E-state index in [-0.39, 0.29) is 28.6 Å². The first-order chi connectivity index (χ1) is 12.2. The van der Waals surface area contributed by atoms with E-state index in [1.165, 1.54) is 35.6 Å². The molecule has 0 unspecified atom stereocenters. The predicted molar refractivity (Wildman–Crippen MR) is 98.5 cm³/mol. The molecule has 1 atom stereocenters. The Morgan fingerprint density at radius 3 is 2.42 bits per heavy atom. The zero-order chi connectivity index (χ0) is 18.9. The first kappa shape index (κ1) is 18.7. The highest BCUT2D eigenvalue weighted by atomic mass is 32.2. The van der Waals surface area contributed by atoms with Crippen molar-refractivity contribution in [3.63, 3.8) is 0 Å². The van der Waals surface area contributed by atoms with Gasteiger partial charge in [-0.2, -0.15) is 13.2 Å². The zero-order valence-corrected chi connectivity index (χ0v) is 15.6. The molecule has 0 bridgehead atoms. The van der Waals surface area contributed by atoms with Crippen LogP contribution >= 0.6 is 23.1 Å². The molecule has 136 valence electrons. The van der Waals surface area contributed by atoms with Gasteiger partial charge in [-0.3, -0.25) is 4.79 Å². The Morgan fingerprint density at radius 2 is 1.81 bits per heavy atom. The molecule has 0 fully saturated rings. The summed E-state index contributed by atoms with van der Waals surface area (Å²) in [5.74, 6) is -0.264. The van der Waals surface area contributed by atoms with Gasteiger partial charge in [0, 0.05) is 17.5 Å². The molecule has 0 aliphatic heterocycles. The fraction of sp³-hybridized carbons (Fsp3) is 0.222. The number of thiazole rings is 1. The molecule has 0 aliphatic rings. The van der Waals surface area contributed by atoms with Crippen LogP contribution in [0.5, 0.6) is 0 Å². The van der Waals surface area contributed by atoms with Gasteiger partial charge in [0.15, 0.2) is 0 Å². The molecule has 1 amide bonds. The van der Waals surface area contributed by atoms with E-state index in [2.05, 4.69) is 4.98 Å². The third-order valence-electron chi connectivity index (χ3n) is 3.90. The fourth-order valence-corrected chi connectivity index (χ4v) is 4.02. The summed E-state index contributed by atoms with van der Waals surface area (Å²) in [6.07, 6.45) is 0. The summed E-state index contributed by atoms with van der Waals surface area (Å²) in [5.41, 5.74) is -3.12. The maximum atomic E-state index is 12.6. The second kappa shape index (κ2) is 7.28. The van der Waals surface area contributed by atoms with Crippen molar-refractivity contribution in [2.24, 2.45) is 0 Å². The fourth-order valence-electron chi connectivity index (χ4n) is 2.41. The Bertz CT molecular complexity index is 889. The molecule has 0 radical (unpaired) electrons. The van der Waals surface area contributed by atoms with Crippen LogP contribution in [0.2, 0.25) is 0 Å². The lowest BCUT2D eigenvalue weighted by Crippen LogP contribution is -2.29. The van der Waals surface area contributed by atoms with E-state index in [1.54, 1.807) is 11.9 Å². The zero-order valence-electron chi connectivity index (χ0n) is 13.9. The molecule has 26 heavy (non-hydrogen) atoms. The van der Waals surface area contributed by atoms with E-state index < -0.39 is 5.51 Å². The van der Waals surface area contributed by atoms with Gasteiger partial charge >= 0.3 is 5.51 Å². The van der Waals surface area contributed by atoms with Gasteiger partial charge in [0.05, 0.1) is 16.3 Å². The number of rotatable bonds is 4. The van der Waals surface area contributed by atoms with E-state index in [0.29, 0.717) is 5.56 Å². The summed E-state index contributed by atoms with van der Waals surface area (Å²) in [5, 5.41) is 0.811. The molecule has 2 aromatic carbocycles. The van der Waals surface area contributed by atoms with Gasteiger partial charge < -0.3 is 4.90 Å². The molecule has 0 N–H and O–H groups in total. The van der Waals surface area contributed by atoms with Crippen LogP contribution in [-0.2, 0) is 0 Å². The maximum absolute atomic E-state index is 12.6. The minimum atomic E-state index is -4.34. The SMILES string of the molecule is C[C@@H](c1nc2ccccc2s1)N(C)C(=O)c1ccc(SC(F)(F)F)cc1. The van der Waals surface area contributed by atoms with E-state index in [1.807, 2.05) is 31.2 Å². The molecule has 1 aromatic heterocycles. The quantitative estimate of drug-likeness (QED) is 0.527. The van der Waals surface area contributed by atoms with Crippen molar-refractivity contribution in [3.05, 3.63) is 59.1 Å². The van der Waals surface area contributed by atoms with Crippen molar-refractivity contribution in [2.75, 3.05) is 7.05 Å². The largest absolute Gasteiger partial charge is 0.446 e. The highest BCUT2D eigenvalue weighted by molar-refractivity contribution is 8.00. The number of aromatic nitrogens is 1. The standard InChI is InChI=1S/C18H15F3N2OS2/c1-11(16-22-14-5-3-4-6-15(14)25-16)23(2)17(24)12-7-9-13(10-8-12)26-18(19,20)21/h3-11H,1-2H3/t11-/m0/s1. The van der Waals surface area contributed by atoms with Crippen LogP contribution in [0.1, 0.15) is 28.3 Å². The molecule has 8 heteroatoms. The Balaban J connectivity index is 1.76.